The van der Waals surface area contributed by atoms with E-state index in [0.29, 0.717) is 17.9 Å². The third-order valence-electron chi connectivity index (χ3n) is 6.45. The Kier molecular flexibility index (Phi) is 10.1. The molecule has 0 bridgehead atoms. The van der Waals surface area contributed by atoms with Gasteiger partial charge in [-0.3, -0.25) is 4.79 Å². The summed E-state index contributed by atoms with van der Waals surface area (Å²) in [6.07, 6.45) is -0.220. The van der Waals surface area contributed by atoms with Gasteiger partial charge in [0.25, 0.3) is 0 Å². The van der Waals surface area contributed by atoms with Crippen LogP contribution in [0.5, 0.6) is 17.2 Å². The van der Waals surface area contributed by atoms with Crippen LogP contribution in [0, 0.1) is 29.1 Å². The topological polar surface area (TPSA) is 97.4 Å². The molecule has 2 amide bonds. The van der Waals surface area contributed by atoms with Crippen molar-refractivity contribution in [2.24, 2.45) is 0 Å². The first-order chi connectivity index (χ1) is 21.2. The Morgan fingerprint density at radius 2 is 1.49 bits per heavy atom. The summed E-state index contributed by atoms with van der Waals surface area (Å²) < 4.78 is 84.9. The highest BCUT2D eigenvalue weighted by atomic mass is 19.2. The molecular formula is C31H30F5N3O6. The van der Waals surface area contributed by atoms with E-state index in [1.807, 2.05) is 0 Å². The van der Waals surface area contributed by atoms with Gasteiger partial charge >= 0.3 is 12.1 Å². The van der Waals surface area contributed by atoms with Crippen LogP contribution in [-0.4, -0.2) is 60.7 Å². The van der Waals surface area contributed by atoms with Gasteiger partial charge in [0.15, 0.2) is 0 Å². The molecular weight excluding hydrogens is 605 g/mol. The molecule has 0 aromatic heterocycles. The summed E-state index contributed by atoms with van der Waals surface area (Å²) in [4.78, 5) is 41.0. The summed E-state index contributed by atoms with van der Waals surface area (Å²) in [5, 5.41) is 2.70. The molecule has 3 aromatic carbocycles. The molecule has 45 heavy (non-hydrogen) atoms. The maximum atomic E-state index is 14.2. The van der Waals surface area contributed by atoms with Gasteiger partial charge in [-0.15, -0.1) is 0 Å². The lowest BCUT2D eigenvalue weighted by atomic mass is 10.2. The number of carbonyl (C=O) groups excluding carboxylic acids is 3. The predicted molar refractivity (Wildman–Crippen MR) is 151 cm³/mol. The fourth-order valence-electron chi connectivity index (χ4n) is 4.43. The van der Waals surface area contributed by atoms with Gasteiger partial charge in [0, 0.05) is 24.8 Å². The van der Waals surface area contributed by atoms with Gasteiger partial charge in [0.05, 0.1) is 12.6 Å². The van der Waals surface area contributed by atoms with Crippen molar-refractivity contribution in [2.45, 2.75) is 38.8 Å². The van der Waals surface area contributed by atoms with E-state index in [0.717, 1.165) is 0 Å². The van der Waals surface area contributed by atoms with Crippen LogP contribution in [0.2, 0.25) is 0 Å². The monoisotopic (exact) mass is 635 g/mol. The van der Waals surface area contributed by atoms with Crippen LogP contribution in [0.3, 0.4) is 0 Å². The zero-order chi connectivity index (χ0) is 32.9. The molecule has 1 aliphatic rings. The van der Waals surface area contributed by atoms with Crippen LogP contribution in [-0.2, 0) is 14.3 Å². The largest absolute Gasteiger partial charge is 0.457 e. The summed E-state index contributed by atoms with van der Waals surface area (Å²) in [6, 6.07) is 14.5. The highest BCUT2D eigenvalue weighted by Crippen LogP contribution is 2.30. The molecule has 1 heterocycles. The van der Waals surface area contributed by atoms with Crippen LogP contribution in [0.1, 0.15) is 27.2 Å². The van der Waals surface area contributed by atoms with Crippen molar-refractivity contribution in [1.29, 1.82) is 0 Å². The number of rotatable bonds is 9. The number of alkyl carbamates (subject to hydrolysis) is 1. The van der Waals surface area contributed by atoms with Gasteiger partial charge in [-0.1, -0.05) is 24.3 Å². The zero-order valence-electron chi connectivity index (χ0n) is 24.5. The molecule has 1 fully saturated rings. The fourth-order valence-corrected chi connectivity index (χ4v) is 4.43. The number of esters is 1. The Morgan fingerprint density at radius 3 is 2.13 bits per heavy atom. The van der Waals surface area contributed by atoms with Crippen molar-refractivity contribution < 1.29 is 50.5 Å². The maximum absolute atomic E-state index is 14.2. The normalized spacial score (nSPS) is 14.6. The average Bonchev–Trinajstić information content (AvgIpc) is 3.45. The lowest BCUT2D eigenvalue weighted by Crippen LogP contribution is -2.44. The highest BCUT2D eigenvalue weighted by molar-refractivity contribution is 5.85. The van der Waals surface area contributed by atoms with Gasteiger partial charge in [0.2, 0.25) is 40.7 Å². The molecule has 0 saturated carbocycles. The van der Waals surface area contributed by atoms with E-state index in [2.05, 4.69) is 10.1 Å². The molecule has 0 radical (unpaired) electrons. The van der Waals surface area contributed by atoms with Crippen molar-refractivity contribution in [1.82, 2.24) is 10.2 Å². The summed E-state index contributed by atoms with van der Waals surface area (Å²) in [5.41, 5.74) is -0.475. The van der Waals surface area contributed by atoms with E-state index in [9.17, 15) is 36.3 Å². The third-order valence-corrected chi connectivity index (χ3v) is 6.45. The van der Waals surface area contributed by atoms with E-state index in [-0.39, 0.29) is 18.8 Å². The number of carbonyl (C=O) groups is 3. The minimum atomic E-state index is -2.41. The average molecular weight is 636 g/mol. The molecule has 9 nitrogen and oxygen atoms in total. The molecule has 3 aromatic rings. The van der Waals surface area contributed by atoms with Crippen LogP contribution >= 0.6 is 0 Å². The molecule has 1 atom stereocenters. The summed E-state index contributed by atoms with van der Waals surface area (Å²) in [7, 11) is 0. The number of para-hydroxylation sites is 1. The molecule has 0 unspecified atom stereocenters. The Hall–Kier alpha value is -4.88. The maximum Gasteiger partial charge on any atom is 0.407 e. The number of nitrogens with zero attached hydrogens (tertiary/aromatic N) is 2. The predicted octanol–water partition coefficient (Wildman–Crippen LogP) is 5.71. The molecule has 0 spiro atoms. The molecule has 0 aliphatic carbocycles. The number of hydrogen-bond donors (Lipinski definition) is 1. The number of anilines is 1. The van der Waals surface area contributed by atoms with Gasteiger partial charge < -0.3 is 29.3 Å². The number of amides is 2. The number of benzene rings is 3. The molecule has 240 valence electrons. The Morgan fingerprint density at radius 1 is 0.867 bits per heavy atom. The van der Waals surface area contributed by atoms with Crippen LogP contribution < -0.4 is 19.7 Å². The van der Waals surface area contributed by atoms with Gasteiger partial charge in [-0.05, 0) is 51.5 Å². The van der Waals surface area contributed by atoms with E-state index in [1.54, 1.807) is 63.2 Å². The first kappa shape index (κ1) is 33.0. The quantitative estimate of drug-likeness (QED) is 0.106. The van der Waals surface area contributed by atoms with E-state index >= 15 is 0 Å². The second-order valence-electron chi connectivity index (χ2n) is 11.1. The van der Waals surface area contributed by atoms with Crippen molar-refractivity contribution in [3.8, 4) is 17.2 Å². The Balaban J connectivity index is 1.53. The van der Waals surface area contributed by atoms with Crippen molar-refractivity contribution in [2.75, 3.05) is 31.1 Å². The van der Waals surface area contributed by atoms with Gasteiger partial charge in [0.1, 0.15) is 23.6 Å². The van der Waals surface area contributed by atoms with Crippen LogP contribution in [0.25, 0.3) is 0 Å². The van der Waals surface area contributed by atoms with Crippen LogP contribution in [0.4, 0.5) is 32.4 Å². The van der Waals surface area contributed by atoms with Crippen molar-refractivity contribution >= 4 is 23.7 Å². The summed E-state index contributed by atoms with van der Waals surface area (Å²) >= 11 is 0. The minimum absolute atomic E-state index is 0.137. The van der Waals surface area contributed by atoms with E-state index < -0.39 is 77.5 Å². The molecule has 1 N–H and O–H groups in total. The fraction of sp³-hybridized carbons (Fsp3) is 0.323. The highest BCUT2D eigenvalue weighted by Gasteiger charge is 2.32. The molecule has 1 aliphatic heterocycles. The van der Waals surface area contributed by atoms with Crippen molar-refractivity contribution in [3.05, 3.63) is 83.7 Å². The SMILES string of the molecule is CC(C)(C)OC(=O)N[C@H]1CCN(C(=O)CN(CC(=O)Oc2c(F)c(F)c(F)c(F)c2F)c2cccc(Oc3ccccc3)c2)C1. The lowest BCUT2D eigenvalue weighted by Gasteiger charge is -2.27. The minimum Gasteiger partial charge on any atom is -0.457 e. The molecule has 14 heteroatoms. The second-order valence-corrected chi connectivity index (χ2v) is 11.1. The number of likely N-dealkylation sites (tertiary alicyclic amines) is 1. The van der Waals surface area contributed by atoms with E-state index in [1.165, 1.54) is 21.9 Å². The number of nitrogens with one attached hydrogen (secondary N) is 1. The Bertz CT molecular complexity index is 1540. The smallest absolute Gasteiger partial charge is 0.407 e. The first-order valence-corrected chi connectivity index (χ1v) is 13.8. The van der Waals surface area contributed by atoms with E-state index in [4.69, 9.17) is 9.47 Å². The number of halogens is 5. The lowest BCUT2D eigenvalue weighted by molar-refractivity contribution is -0.133. The standard InChI is InChI=1S/C31H30F5N3O6/c1-31(2,3)45-30(42)37-18-12-13-38(15-18)22(40)16-39(19-8-7-11-21(14-19)43-20-9-5-4-6-10-20)17-23(41)44-29-27(35)25(33)24(32)26(34)28(29)36/h4-11,14,18H,12-13,15-17H2,1-3H3,(H,37,42)/t18-/m0/s1. The first-order valence-electron chi connectivity index (χ1n) is 13.8. The Labute approximate surface area is 255 Å². The number of ether oxygens (including phenoxy) is 3. The number of hydrogen-bond acceptors (Lipinski definition) is 7. The molecule has 1 saturated heterocycles. The second kappa shape index (κ2) is 13.8. The molecule has 4 rings (SSSR count). The van der Waals surface area contributed by atoms with Crippen LogP contribution in [0.15, 0.2) is 54.6 Å². The zero-order valence-corrected chi connectivity index (χ0v) is 24.5. The third kappa shape index (κ3) is 8.61. The van der Waals surface area contributed by atoms with Crippen molar-refractivity contribution in [3.63, 3.8) is 0 Å². The van der Waals surface area contributed by atoms with Gasteiger partial charge in [-0.25, -0.2) is 22.8 Å². The summed E-state index contributed by atoms with van der Waals surface area (Å²) in [6.45, 7) is 4.25. The summed E-state index contributed by atoms with van der Waals surface area (Å²) in [5.74, 6) is -14.5. The van der Waals surface area contributed by atoms with Gasteiger partial charge in [-0.2, -0.15) is 8.78 Å².